The molecule has 0 bridgehead atoms. The maximum Gasteiger partial charge on any atom is 0.177 e. The molecule has 0 aliphatic heterocycles. The molecule has 4 heteroatoms. The van der Waals surface area contributed by atoms with Crippen molar-refractivity contribution in [1.82, 2.24) is 0 Å². The quantitative estimate of drug-likeness (QED) is 0.380. The van der Waals surface area contributed by atoms with E-state index in [0.29, 0.717) is 10.6 Å². The molecule has 0 heterocycles. The van der Waals surface area contributed by atoms with E-state index in [1.807, 2.05) is 6.92 Å². The third kappa shape index (κ3) is 4.24. The molecule has 16 heavy (non-hydrogen) atoms. The molecule has 84 valence electrons. The number of halogens is 1. The van der Waals surface area contributed by atoms with Gasteiger partial charge in [0.1, 0.15) is 5.75 Å². The lowest BCUT2D eigenvalue weighted by molar-refractivity contribution is 0.181. The van der Waals surface area contributed by atoms with E-state index in [2.05, 4.69) is 17.0 Å². The number of oxime groups is 1. The number of phenols is 1. The van der Waals surface area contributed by atoms with Crippen LogP contribution < -0.4 is 0 Å². The Hall–Kier alpha value is -1.66. The van der Waals surface area contributed by atoms with Crippen LogP contribution in [0.2, 0.25) is 5.02 Å². The van der Waals surface area contributed by atoms with Crippen LogP contribution in [0.25, 0.3) is 0 Å². The number of benzene rings is 1. The lowest BCUT2D eigenvalue weighted by Crippen LogP contribution is -1.86. The minimum atomic E-state index is 0.108. The van der Waals surface area contributed by atoms with E-state index in [1.54, 1.807) is 12.1 Å². The summed E-state index contributed by atoms with van der Waals surface area (Å²) in [7, 11) is 0. The summed E-state index contributed by atoms with van der Waals surface area (Å²) in [5.41, 5.74) is 0.510. The standard InChI is InChI=1S/C12H12ClNO2/c1-2-3-4-7-16-14-9-10-8-11(13)5-6-12(10)15/h5-6,8-9,15H,2,7H2,1H3/b14-9+. The molecule has 0 aliphatic rings. The second-order valence-corrected chi connectivity index (χ2v) is 3.35. The van der Waals surface area contributed by atoms with Gasteiger partial charge in [-0.3, -0.25) is 0 Å². The molecule has 3 nitrogen and oxygen atoms in total. The van der Waals surface area contributed by atoms with Gasteiger partial charge < -0.3 is 9.94 Å². The summed E-state index contributed by atoms with van der Waals surface area (Å²) in [4.78, 5) is 4.88. The molecule has 0 spiro atoms. The Morgan fingerprint density at radius 3 is 3.06 bits per heavy atom. The summed E-state index contributed by atoms with van der Waals surface area (Å²) in [6.07, 6.45) is 2.19. The summed E-state index contributed by atoms with van der Waals surface area (Å²) in [6.45, 7) is 2.20. The molecule has 1 aromatic rings. The first-order chi connectivity index (χ1) is 7.74. The second kappa shape index (κ2) is 6.76. The lowest BCUT2D eigenvalue weighted by atomic mass is 10.2. The van der Waals surface area contributed by atoms with E-state index in [-0.39, 0.29) is 12.4 Å². The largest absolute Gasteiger partial charge is 0.507 e. The van der Waals surface area contributed by atoms with Crippen molar-refractivity contribution in [3.05, 3.63) is 28.8 Å². The van der Waals surface area contributed by atoms with Gasteiger partial charge in [0.15, 0.2) is 6.61 Å². The van der Waals surface area contributed by atoms with Gasteiger partial charge in [-0.25, -0.2) is 0 Å². The molecule has 1 aromatic carbocycles. The van der Waals surface area contributed by atoms with Crippen LogP contribution in [-0.2, 0) is 4.84 Å². The zero-order valence-corrected chi connectivity index (χ0v) is 9.66. The van der Waals surface area contributed by atoms with Gasteiger partial charge in [-0.2, -0.15) is 0 Å². The molecule has 0 saturated carbocycles. The highest BCUT2D eigenvalue weighted by Gasteiger charge is 1.98. The fourth-order valence-corrected chi connectivity index (χ4v) is 1.15. The Morgan fingerprint density at radius 2 is 2.31 bits per heavy atom. The molecular weight excluding hydrogens is 226 g/mol. The van der Waals surface area contributed by atoms with Gasteiger partial charge in [0, 0.05) is 17.0 Å². The average Bonchev–Trinajstić information content (AvgIpc) is 2.28. The zero-order chi connectivity index (χ0) is 11.8. The van der Waals surface area contributed by atoms with E-state index in [0.717, 1.165) is 6.42 Å². The zero-order valence-electron chi connectivity index (χ0n) is 8.90. The Bertz CT molecular complexity index is 432. The average molecular weight is 238 g/mol. The summed E-state index contributed by atoms with van der Waals surface area (Å²) in [6, 6.07) is 4.70. The van der Waals surface area contributed by atoms with Gasteiger partial charge in [-0.1, -0.05) is 35.5 Å². The molecule has 0 atom stereocenters. The Labute approximate surface area is 99.7 Å². The third-order valence-corrected chi connectivity index (χ3v) is 1.93. The summed E-state index contributed by atoms with van der Waals surface area (Å²) >= 11 is 5.76. The van der Waals surface area contributed by atoms with Crippen molar-refractivity contribution in [3.63, 3.8) is 0 Å². The van der Waals surface area contributed by atoms with Crippen molar-refractivity contribution in [2.75, 3.05) is 6.61 Å². The monoisotopic (exact) mass is 237 g/mol. The van der Waals surface area contributed by atoms with Gasteiger partial charge in [0.05, 0.1) is 6.21 Å². The van der Waals surface area contributed by atoms with Gasteiger partial charge in [-0.15, -0.1) is 0 Å². The molecular formula is C12H12ClNO2. The van der Waals surface area contributed by atoms with Crippen LogP contribution in [0.15, 0.2) is 23.4 Å². The highest BCUT2D eigenvalue weighted by atomic mass is 35.5. The van der Waals surface area contributed by atoms with E-state index in [4.69, 9.17) is 16.4 Å². The molecule has 0 aromatic heterocycles. The molecule has 0 aliphatic carbocycles. The number of rotatable bonds is 3. The lowest BCUT2D eigenvalue weighted by Gasteiger charge is -1.98. The maximum atomic E-state index is 9.44. The SMILES string of the molecule is CCC#CCO/N=C/c1cc(Cl)ccc1O. The first kappa shape index (κ1) is 12.4. The number of aromatic hydroxyl groups is 1. The van der Waals surface area contributed by atoms with Crippen LogP contribution >= 0.6 is 11.6 Å². The summed E-state index contributed by atoms with van der Waals surface area (Å²) < 4.78 is 0. The summed E-state index contributed by atoms with van der Waals surface area (Å²) in [5, 5.41) is 13.6. The minimum Gasteiger partial charge on any atom is -0.507 e. The van der Waals surface area contributed by atoms with E-state index < -0.39 is 0 Å². The fraction of sp³-hybridized carbons (Fsp3) is 0.250. The number of hydrogen-bond acceptors (Lipinski definition) is 3. The van der Waals surface area contributed by atoms with Gasteiger partial charge in [0.25, 0.3) is 0 Å². The molecule has 1 rings (SSSR count). The van der Waals surface area contributed by atoms with Crippen LogP contribution in [0.5, 0.6) is 5.75 Å². The molecule has 0 unspecified atom stereocenters. The smallest absolute Gasteiger partial charge is 0.177 e. The number of phenolic OH excluding ortho intramolecular Hbond substituents is 1. The van der Waals surface area contributed by atoms with E-state index in [9.17, 15) is 5.11 Å². The predicted molar refractivity (Wildman–Crippen MR) is 64.7 cm³/mol. The highest BCUT2D eigenvalue weighted by Crippen LogP contribution is 2.19. The molecule has 0 radical (unpaired) electrons. The third-order valence-electron chi connectivity index (χ3n) is 1.69. The summed E-state index contributed by atoms with van der Waals surface area (Å²) in [5.74, 6) is 5.73. The molecule has 1 N–H and O–H groups in total. The first-order valence-electron chi connectivity index (χ1n) is 4.83. The van der Waals surface area contributed by atoms with Crippen molar-refractivity contribution in [3.8, 4) is 17.6 Å². The van der Waals surface area contributed by atoms with Crippen molar-refractivity contribution in [2.24, 2.45) is 5.16 Å². The topological polar surface area (TPSA) is 41.8 Å². The molecule has 0 saturated heterocycles. The Balaban J connectivity index is 2.52. The van der Waals surface area contributed by atoms with Crippen LogP contribution in [0.1, 0.15) is 18.9 Å². The second-order valence-electron chi connectivity index (χ2n) is 2.92. The first-order valence-corrected chi connectivity index (χ1v) is 5.21. The number of nitrogens with zero attached hydrogens (tertiary/aromatic N) is 1. The fourth-order valence-electron chi connectivity index (χ4n) is 0.968. The van der Waals surface area contributed by atoms with Crippen LogP contribution in [0.3, 0.4) is 0 Å². The highest BCUT2D eigenvalue weighted by molar-refractivity contribution is 6.30. The van der Waals surface area contributed by atoms with Crippen LogP contribution in [0, 0.1) is 11.8 Å². The van der Waals surface area contributed by atoms with E-state index >= 15 is 0 Å². The van der Waals surface area contributed by atoms with E-state index in [1.165, 1.54) is 12.3 Å². The van der Waals surface area contributed by atoms with Gasteiger partial charge in [-0.05, 0) is 18.2 Å². The number of hydrogen-bond donors (Lipinski definition) is 1. The van der Waals surface area contributed by atoms with Crippen LogP contribution in [0.4, 0.5) is 0 Å². The Morgan fingerprint density at radius 1 is 1.50 bits per heavy atom. The van der Waals surface area contributed by atoms with Gasteiger partial charge >= 0.3 is 0 Å². The van der Waals surface area contributed by atoms with Crippen molar-refractivity contribution >= 4 is 17.8 Å². The van der Waals surface area contributed by atoms with Gasteiger partial charge in [0.2, 0.25) is 0 Å². The maximum absolute atomic E-state index is 9.44. The van der Waals surface area contributed by atoms with Crippen molar-refractivity contribution < 1.29 is 9.94 Å². The molecule has 0 amide bonds. The van der Waals surface area contributed by atoms with Crippen LogP contribution in [-0.4, -0.2) is 17.9 Å². The predicted octanol–water partition coefficient (Wildman–Crippen LogP) is 2.81. The van der Waals surface area contributed by atoms with Crippen molar-refractivity contribution in [1.29, 1.82) is 0 Å². The normalized spacial score (nSPS) is 9.88. The molecule has 0 fully saturated rings. The Kier molecular flexibility index (Phi) is 5.24. The minimum absolute atomic E-state index is 0.108. The van der Waals surface area contributed by atoms with Crippen molar-refractivity contribution in [2.45, 2.75) is 13.3 Å².